The van der Waals surface area contributed by atoms with Crippen molar-refractivity contribution in [3.63, 3.8) is 0 Å². The first kappa shape index (κ1) is 13.1. The van der Waals surface area contributed by atoms with E-state index in [1.807, 2.05) is 29.2 Å². The van der Waals surface area contributed by atoms with E-state index in [-0.39, 0.29) is 5.91 Å². The molecule has 0 unspecified atom stereocenters. The average molecular weight is 295 g/mol. The van der Waals surface area contributed by atoms with Gasteiger partial charge in [-0.05, 0) is 37.1 Å². The summed E-state index contributed by atoms with van der Waals surface area (Å²) in [5.74, 6) is 0.428. The van der Waals surface area contributed by atoms with Gasteiger partial charge in [-0.3, -0.25) is 9.89 Å². The Kier molecular flexibility index (Phi) is 3.14. The van der Waals surface area contributed by atoms with Crippen LogP contribution in [0, 0.1) is 0 Å². The lowest BCUT2D eigenvalue weighted by Gasteiger charge is -2.32. The van der Waals surface area contributed by atoms with Crippen molar-refractivity contribution in [3.05, 3.63) is 48.0 Å². The molecular weight excluding hydrogens is 278 g/mol. The Balaban J connectivity index is 1.56. The maximum Gasteiger partial charge on any atom is 0.253 e. The minimum Gasteiger partial charge on any atom is -0.345 e. The third-order valence-corrected chi connectivity index (χ3v) is 4.34. The quantitative estimate of drug-likeness (QED) is 0.761. The Morgan fingerprint density at radius 3 is 3.14 bits per heavy atom. The average Bonchev–Trinajstić information content (AvgIpc) is 3.25. The van der Waals surface area contributed by atoms with Crippen LogP contribution in [0.4, 0.5) is 0 Å². The summed E-state index contributed by atoms with van der Waals surface area (Å²) in [6, 6.07) is 7.61. The maximum atomic E-state index is 12.7. The molecule has 112 valence electrons. The monoisotopic (exact) mass is 295 g/mol. The van der Waals surface area contributed by atoms with Crippen LogP contribution in [0.1, 0.15) is 34.8 Å². The van der Waals surface area contributed by atoms with E-state index in [4.69, 9.17) is 0 Å². The molecule has 1 aliphatic rings. The fourth-order valence-corrected chi connectivity index (χ4v) is 3.16. The van der Waals surface area contributed by atoms with Crippen LogP contribution < -0.4 is 0 Å². The molecule has 3 heterocycles. The highest BCUT2D eigenvalue weighted by atomic mass is 16.2. The highest BCUT2D eigenvalue weighted by Gasteiger charge is 2.26. The number of imidazole rings is 1. The lowest BCUT2D eigenvalue weighted by molar-refractivity contribution is 0.0706. The summed E-state index contributed by atoms with van der Waals surface area (Å²) in [4.78, 5) is 21.9. The second-order valence-corrected chi connectivity index (χ2v) is 5.74. The van der Waals surface area contributed by atoms with Gasteiger partial charge in [-0.2, -0.15) is 5.10 Å². The molecule has 1 fully saturated rings. The van der Waals surface area contributed by atoms with Crippen molar-refractivity contribution in [2.45, 2.75) is 18.8 Å². The van der Waals surface area contributed by atoms with E-state index >= 15 is 0 Å². The van der Waals surface area contributed by atoms with Crippen molar-refractivity contribution in [1.82, 2.24) is 25.1 Å². The zero-order valence-electron chi connectivity index (χ0n) is 12.1. The number of hydrogen-bond donors (Lipinski definition) is 2. The molecule has 0 aliphatic carbocycles. The summed E-state index contributed by atoms with van der Waals surface area (Å²) in [6.45, 7) is 1.55. The number of likely N-dealkylation sites (tertiary alicyclic amines) is 1. The van der Waals surface area contributed by atoms with Crippen molar-refractivity contribution in [1.29, 1.82) is 0 Å². The summed E-state index contributed by atoms with van der Waals surface area (Å²) in [6.07, 6.45) is 5.52. The number of carbonyl (C=O) groups excluding carboxylic acids is 1. The Hall–Kier alpha value is -2.63. The van der Waals surface area contributed by atoms with E-state index in [1.54, 1.807) is 12.5 Å². The molecule has 1 aliphatic heterocycles. The van der Waals surface area contributed by atoms with Gasteiger partial charge in [0.25, 0.3) is 5.91 Å². The molecule has 0 bridgehead atoms. The van der Waals surface area contributed by atoms with Crippen LogP contribution in [-0.2, 0) is 0 Å². The zero-order valence-corrected chi connectivity index (χ0v) is 12.1. The topological polar surface area (TPSA) is 77.7 Å². The number of hydrogen-bond acceptors (Lipinski definition) is 3. The van der Waals surface area contributed by atoms with Gasteiger partial charge in [0, 0.05) is 36.5 Å². The smallest absolute Gasteiger partial charge is 0.253 e. The van der Waals surface area contributed by atoms with Gasteiger partial charge in [-0.15, -0.1) is 0 Å². The molecule has 0 saturated carbocycles. The predicted octanol–water partition coefficient (Wildman–Crippen LogP) is 2.31. The van der Waals surface area contributed by atoms with Gasteiger partial charge < -0.3 is 9.88 Å². The molecule has 22 heavy (non-hydrogen) atoms. The molecule has 3 aromatic rings. The van der Waals surface area contributed by atoms with Crippen molar-refractivity contribution >= 4 is 16.9 Å². The normalized spacial score (nSPS) is 18.7. The maximum absolute atomic E-state index is 12.7. The van der Waals surface area contributed by atoms with Crippen LogP contribution in [0.15, 0.2) is 36.8 Å². The van der Waals surface area contributed by atoms with E-state index in [9.17, 15) is 4.79 Å². The molecule has 2 aromatic heterocycles. The number of piperidine rings is 1. The lowest BCUT2D eigenvalue weighted by Crippen LogP contribution is -2.39. The minimum absolute atomic E-state index is 0.0840. The van der Waals surface area contributed by atoms with E-state index in [2.05, 4.69) is 20.2 Å². The highest BCUT2D eigenvalue weighted by Crippen LogP contribution is 2.26. The molecule has 1 amide bonds. The van der Waals surface area contributed by atoms with Crippen molar-refractivity contribution in [2.24, 2.45) is 0 Å². The predicted molar refractivity (Wildman–Crippen MR) is 82.6 cm³/mol. The highest BCUT2D eigenvalue weighted by molar-refractivity contribution is 5.97. The number of nitrogens with one attached hydrogen (secondary N) is 2. The Bertz CT molecular complexity index is 792. The van der Waals surface area contributed by atoms with Crippen LogP contribution in [0.5, 0.6) is 0 Å². The van der Waals surface area contributed by atoms with Crippen LogP contribution in [0.25, 0.3) is 11.0 Å². The molecule has 0 radical (unpaired) electrons. The number of amides is 1. The Labute approximate surface area is 127 Å². The zero-order chi connectivity index (χ0) is 14.9. The second kappa shape index (κ2) is 5.29. The molecule has 2 N–H and O–H groups in total. The number of aromatic amines is 2. The lowest BCUT2D eigenvalue weighted by atomic mass is 9.94. The van der Waals surface area contributed by atoms with E-state index in [0.29, 0.717) is 11.5 Å². The van der Waals surface area contributed by atoms with Crippen LogP contribution >= 0.6 is 0 Å². The molecule has 4 rings (SSSR count). The van der Waals surface area contributed by atoms with Gasteiger partial charge in [-0.25, -0.2) is 4.98 Å². The fourth-order valence-electron chi connectivity index (χ4n) is 3.16. The van der Waals surface area contributed by atoms with Gasteiger partial charge in [0.1, 0.15) is 0 Å². The fraction of sp³-hybridized carbons (Fsp3) is 0.312. The first-order valence-electron chi connectivity index (χ1n) is 7.53. The van der Waals surface area contributed by atoms with E-state index in [1.165, 1.54) is 0 Å². The molecule has 6 nitrogen and oxygen atoms in total. The number of H-pyrrole nitrogens is 2. The third kappa shape index (κ3) is 2.26. The van der Waals surface area contributed by atoms with Crippen molar-refractivity contribution in [3.8, 4) is 0 Å². The summed E-state index contributed by atoms with van der Waals surface area (Å²) in [5.41, 5.74) is 3.60. The van der Waals surface area contributed by atoms with Crippen LogP contribution in [0.3, 0.4) is 0 Å². The van der Waals surface area contributed by atoms with Crippen molar-refractivity contribution in [2.75, 3.05) is 13.1 Å². The summed E-state index contributed by atoms with van der Waals surface area (Å²) >= 11 is 0. The van der Waals surface area contributed by atoms with Crippen molar-refractivity contribution < 1.29 is 4.79 Å². The van der Waals surface area contributed by atoms with Crippen LogP contribution in [0.2, 0.25) is 0 Å². The third-order valence-electron chi connectivity index (χ3n) is 4.34. The molecule has 1 saturated heterocycles. The number of carbonyl (C=O) groups is 1. The van der Waals surface area contributed by atoms with Gasteiger partial charge in [0.2, 0.25) is 0 Å². The summed E-state index contributed by atoms with van der Waals surface area (Å²) < 4.78 is 0. The summed E-state index contributed by atoms with van der Waals surface area (Å²) in [5, 5.41) is 7.04. The number of aromatic nitrogens is 4. The second-order valence-electron chi connectivity index (χ2n) is 5.74. The Morgan fingerprint density at radius 1 is 1.32 bits per heavy atom. The number of benzene rings is 1. The standard InChI is InChI=1S/C16H17N5O/c22-16(11-3-4-14-15(8-11)18-10-17-14)21-7-1-2-12(9-21)13-5-6-19-20-13/h3-6,8,10,12H,1-2,7,9H2,(H,17,18)(H,19,20)/t12-/m1/s1. The van der Waals surface area contributed by atoms with Gasteiger partial charge >= 0.3 is 0 Å². The summed E-state index contributed by atoms with van der Waals surface area (Å²) in [7, 11) is 0. The first-order valence-corrected chi connectivity index (χ1v) is 7.53. The number of nitrogens with zero attached hydrogens (tertiary/aromatic N) is 3. The van der Waals surface area contributed by atoms with E-state index < -0.39 is 0 Å². The minimum atomic E-state index is 0.0840. The largest absolute Gasteiger partial charge is 0.345 e. The van der Waals surface area contributed by atoms with Gasteiger partial charge in [0.15, 0.2) is 0 Å². The molecule has 1 atom stereocenters. The van der Waals surface area contributed by atoms with E-state index in [0.717, 1.165) is 42.7 Å². The molecular formula is C16H17N5O. The molecule has 1 aromatic carbocycles. The van der Waals surface area contributed by atoms with Crippen LogP contribution in [-0.4, -0.2) is 44.1 Å². The van der Waals surface area contributed by atoms with Gasteiger partial charge in [-0.1, -0.05) is 0 Å². The number of fused-ring (bicyclic) bond motifs is 1. The molecule has 6 heteroatoms. The SMILES string of the molecule is O=C(c1ccc2nc[nH]c2c1)N1CCC[C@@H](c2ccn[nH]2)C1. The number of rotatable bonds is 2. The first-order chi connectivity index (χ1) is 10.8. The molecule has 0 spiro atoms. The Morgan fingerprint density at radius 2 is 2.27 bits per heavy atom. The van der Waals surface area contributed by atoms with Gasteiger partial charge in [0.05, 0.1) is 17.4 Å².